The molecule has 1 N–H and O–H groups in total. The van der Waals surface area contributed by atoms with E-state index in [-0.39, 0.29) is 17.9 Å². The van der Waals surface area contributed by atoms with Gasteiger partial charge >= 0.3 is 0 Å². The largest absolute Gasteiger partial charge is 0.497 e. The van der Waals surface area contributed by atoms with Crippen LogP contribution < -0.4 is 10.1 Å². The summed E-state index contributed by atoms with van der Waals surface area (Å²) in [7, 11) is -1.85. The molecule has 4 rings (SSSR count). The van der Waals surface area contributed by atoms with E-state index in [0.29, 0.717) is 30.1 Å². The van der Waals surface area contributed by atoms with Crippen molar-refractivity contribution < 1.29 is 17.9 Å². The monoisotopic (exact) mass is 470 g/mol. The van der Waals surface area contributed by atoms with Gasteiger partial charge in [-0.15, -0.1) is 11.3 Å². The molecule has 6 nitrogen and oxygen atoms in total. The van der Waals surface area contributed by atoms with Crippen LogP contribution in [0.1, 0.15) is 30.0 Å². The highest BCUT2D eigenvalue weighted by molar-refractivity contribution is 7.91. The van der Waals surface area contributed by atoms with Crippen LogP contribution in [0, 0.1) is 5.92 Å². The van der Waals surface area contributed by atoms with Gasteiger partial charge in [0.2, 0.25) is 5.91 Å². The van der Waals surface area contributed by atoms with Gasteiger partial charge < -0.3 is 10.1 Å². The third kappa shape index (κ3) is 4.87. The number of carbonyl (C=O) groups excluding carboxylic acids is 1. The van der Waals surface area contributed by atoms with Crippen LogP contribution in [0.25, 0.3) is 0 Å². The molecule has 1 aromatic heterocycles. The van der Waals surface area contributed by atoms with Crippen molar-refractivity contribution in [1.29, 1.82) is 0 Å². The highest BCUT2D eigenvalue weighted by Crippen LogP contribution is 2.28. The van der Waals surface area contributed by atoms with Crippen molar-refractivity contribution in [1.82, 2.24) is 9.62 Å². The number of amides is 1. The SMILES string of the molecule is COc1ccc(C(NC(=O)C2CCN(S(=O)(=O)c3cccs3)CC2)c2ccccc2)cc1. The summed E-state index contributed by atoms with van der Waals surface area (Å²) in [5.74, 6) is 0.475. The van der Waals surface area contributed by atoms with Crippen molar-refractivity contribution in [2.24, 2.45) is 5.92 Å². The lowest BCUT2D eigenvalue weighted by molar-refractivity contribution is -0.126. The van der Waals surface area contributed by atoms with Crippen molar-refractivity contribution in [3.8, 4) is 5.75 Å². The predicted octanol–water partition coefficient (Wildman–Crippen LogP) is 4.06. The quantitative estimate of drug-likeness (QED) is 0.565. The maximum Gasteiger partial charge on any atom is 0.252 e. The first-order chi connectivity index (χ1) is 15.5. The first-order valence-corrected chi connectivity index (χ1v) is 12.8. The number of sulfonamides is 1. The Hall–Kier alpha value is -2.68. The van der Waals surface area contributed by atoms with E-state index in [1.54, 1.807) is 24.6 Å². The highest BCUT2D eigenvalue weighted by atomic mass is 32.2. The molecule has 168 valence electrons. The zero-order valence-corrected chi connectivity index (χ0v) is 19.4. The lowest BCUT2D eigenvalue weighted by Gasteiger charge is -2.31. The molecule has 0 aliphatic carbocycles. The number of nitrogens with zero attached hydrogens (tertiary/aromatic N) is 1. The maximum absolute atomic E-state index is 13.2. The van der Waals surface area contributed by atoms with E-state index in [0.717, 1.165) is 16.9 Å². The van der Waals surface area contributed by atoms with Crippen LogP contribution in [0.5, 0.6) is 5.75 Å². The number of nitrogens with one attached hydrogen (secondary N) is 1. The zero-order chi connectivity index (χ0) is 22.6. The van der Waals surface area contributed by atoms with Gasteiger partial charge in [-0.2, -0.15) is 4.31 Å². The van der Waals surface area contributed by atoms with Gasteiger partial charge in [0.15, 0.2) is 0 Å². The standard InChI is InChI=1S/C24H26N2O4S2/c1-30-21-11-9-19(10-12-21)23(18-6-3-2-4-7-18)25-24(27)20-13-15-26(16-14-20)32(28,29)22-8-5-17-31-22/h2-12,17,20,23H,13-16H2,1H3,(H,25,27). The molecule has 0 spiro atoms. The highest BCUT2D eigenvalue weighted by Gasteiger charge is 2.33. The van der Waals surface area contributed by atoms with Crippen LogP contribution in [0.15, 0.2) is 76.3 Å². The van der Waals surface area contributed by atoms with Gasteiger partial charge in [-0.3, -0.25) is 4.79 Å². The fourth-order valence-corrected chi connectivity index (χ4v) is 6.57. The third-order valence-electron chi connectivity index (χ3n) is 5.78. The molecule has 1 unspecified atom stereocenters. The molecular weight excluding hydrogens is 444 g/mol. The lowest BCUT2D eigenvalue weighted by Crippen LogP contribution is -2.43. The van der Waals surface area contributed by atoms with Gasteiger partial charge in [-0.05, 0) is 47.5 Å². The van der Waals surface area contributed by atoms with Crippen molar-refractivity contribution in [2.75, 3.05) is 20.2 Å². The molecule has 1 amide bonds. The smallest absolute Gasteiger partial charge is 0.252 e. The number of hydrogen-bond acceptors (Lipinski definition) is 5. The Morgan fingerprint density at radius 1 is 1.00 bits per heavy atom. The Balaban J connectivity index is 1.46. The van der Waals surface area contributed by atoms with E-state index in [4.69, 9.17) is 4.74 Å². The van der Waals surface area contributed by atoms with Crippen LogP contribution >= 0.6 is 11.3 Å². The average Bonchev–Trinajstić information content (AvgIpc) is 3.39. The minimum absolute atomic E-state index is 0.0529. The van der Waals surface area contributed by atoms with E-state index < -0.39 is 10.0 Å². The topological polar surface area (TPSA) is 75.7 Å². The molecular formula is C24H26N2O4S2. The second kappa shape index (κ2) is 9.85. The van der Waals surface area contributed by atoms with E-state index in [9.17, 15) is 13.2 Å². The molecule has 1 atom stereocenters. The Morgan fingerprint density at radius 3 is 2.25 bits per heavy atom. The Kier molecular flexibility index (Phi) is 6.93. The van der Waals surface area contributed by atoms with Crippen molar-refractivity contribution in [3.05, 3.63) is 83.2 Å². The van der Waals surface area contributed by atoms with Gasteiger partial charge in [-0.1, -0.05) is 48.5 Å². The molecule has 1 aliphatic rings. The first-order valence-electron chi connectivity index (χ1n) is 10.5. The normalized spacial score (nSPS) is 16.4. The summed E-state index contributed by atoms with van der Waals surface area (Å²) in [6, 6.07) is 20.6. The minimum atomic E-state index is -3.48. The molecule has 2 heterocycles. The van der Waals surface area contributed by atoms with Gasteiger partial charge in [0, 0.05) is 19.0 Å². The second-order valence-corrected chi connectivity index (χ2v) is 10.8. The second-order valence-electron chi connectivity index (χ2n) is 7.74. The lowest BCUT2D eigenvalue weighted by atomic mass is 9.94. The Morgan fingerprint density at radius 2 is 1.66 bits per heavy atom. The van der Waals surface area contributed by atoms with E-state index in [1.807, 2.05) is 54.6 Å². The van der Waals surface area contributed by atoms with Crippen molar-refractivity contribution in [3.63, 3.8) is 0 Å². The number of piperidine rings is 1. The van der Waals surface area contributed by atoms with Gasteiger partial charge in [0.05, 0.1) is 13.2 Å². The molecule has 1 fully saturated rings. The molecule has 1 aliphatic heterocycles. The van der Waals surface area contributed by atoms with Crippen LogP contribution in [-0.4, -0.2) is 38.8 Å². The number of methoxy groups -OCH3 is 1. The van der Waals surface area contributed by atoms with E-state index in [2.05, 4.69) is 5.32 Å². The number of thiophene rings is 1. The summed E-state index contributed by atoms with van der Waals surface area (Å²) >= 11 is 1.22. The summed E-state index contributed by atoms with van der Waals surface area (Å²) in [5.41, 5.74) is 1.95. The molecule has 2 aromatic carbocycles. The number of ether oxygens (including phenoxy) is 1. The molecule has 32 heavy (non-hydrogen) atoms. The molecule has 0 radical (unpaired) electrons. The van der Waals surface area contributed by atoms with Crippen LogP contribution in [0.4, 0.5) is 0 Å². The summed E-state index contributed by atoms with van der Waals surface area (Å²) in [6.07, 6.45) is 1.00. The number of rotatable bonds is 7. The van der Waals surface area contributed by atoms with E-state index in [1.165, 1.54) is 15.6 Å². The summed E-state index contributed by atoms with van der Waals surface area (Å²) < 4.78 is 32.6. The zero-order valence-electron chi connectivity index (χ0n) is 17.8. The van der Waals surface area contributed by atoms with Crippen molar-refractivity contribution in [2.45, 2.75) is 23.1 Å². The summed E-state index contributed by atoms with van der Waals surface area (Å²) in [5, 5.41) is 4.95. The van der Waals surface area contributed by atoms with Gasteiger partial charge in [0.1, 0.15) is 9.96 Å². The fraction of sp³-hybridized carbons (Fsp3) is 0.292. The summed E-state index contributed by atoms with van der Waals surface area (Å²) in [4.78, 5) is 13.2. The van der Waals surface area contributed by atoms with Gasteiger partial charge in [-0.25, -0.2) is 8.42 Å². The minimum Gasteiger partial charge on any atom is -0.497 e. The predicted molar refractivity (Wildman–Crippen MR) is 125 cm³/mol. The van der Waals surface area contributed by atoms with Crippen LogP contribution in [0.3, 0.4) is 0 Å². The molecule has 0 bridgehead atoms. The number of hydrogen-bond donors (Lipinski definition) is 1. The van der Waals surface area contributed by atoms with Gasteiger partial charge in [0.25, 0.3) is 10.0 Å². The maximum atomic E-state index is 13.2. The molecule has 1 saturated heterocycles. The Labute approximate surface area is 192 Å². The Bertz CT molecular complexity index is 1120. The third-order valence-corrected chi connectivity index (χ3v) is 9.05. The summed E-state index contributed by atoms with van der Waals surface area (Å²) in [6.45, 7) is 0.688. The van der Waals surface area contributed by atoms with Crippen LogP contribution in [0.2, 0.25) is 0 Å². The average molecular weight is 471 g/mol. The molecule has 3 aromatic rings. The van der Waals surface area contributed by atoms with Crippen LogP contribution in [-0.2, 0) is 14.8 Å². The van der Waals surface area contributed by atoms with E-state index >= 15 is 0 Å². The van der Waals surface area contributed by atoms with Crippen molar-refractivity contribution >= 4 is 27.3 Å². The molecule has 0 saturated carbocycles. The molecule has 8 heteroatoms. The number of benzene rings is 2. The first kappa shape index (κ1) is 22.5. The fourth-order valence-electron chi connectivity index (χ4n) is 3.96. The number of carbonyl (C=O) groups is 1.